The summed E-state index contributed by atoms with van der Waals surface area (Å²) in [7, 11) is 1.90. The van der Waals surface area contributed by atoms with Crippen LogP contribution in [-0.2, 0) is 10.3 Å². The topological polar surface area (TPSA) is 104 Å². The maximum Gasteiger partial charge on any atom is 0.437 e. The number of likely N-dealkylation sites (N-methyl/N-ethyl adjacent to an activating group) is 1. The van der Waals surface area contributed by atoms with E-state index in [1.165, 1.54) is 47.8 Å². The van der Waals surface area contributed by atoms with E-state index in [1.54, 1.807) is 35.6 Å². The number of anilines is 1. The predicted molar refractivity (Wildman–Crippen MR) is 161 cm³/mol. The Kier molecular flexibility index (Phi) is 8.12. The zero-order valence-corrected chi connectivity index (χ0v) is 24.1. The van der Waals surface area contributed by atoms with E-state index < -0.39 is 34.3 Å². The number of halogens is 3. The smallest absolute Gasteiger partial charge is 0.437 e. The van der Waals surface area contributed by atoms with Crippen LogP contribution in [0.2, 0.25) is 0 Å². The maximum atomic E-state index is 15.0. The molecule has 4 aromatic rings. The molecule has 0 spiro atoms. The number of thiophene rings is 2. The summed E-state index contributed by atoms with van der Waals surface area (Å²) < 4.78 is 52.2. The number of fused-ring (bicyclic) bond motifs is 1. The molecule has 1 unspecified atom stereocenters. The number of aliphatic hydroxyl groups excluding tert-OH is 1. The highest BCUT2D eigenvalue weighted by Gasteiger charge is 2.65. The number of hydrogen-bond acceptors (Lipinski definition) is 8. The summed E-state index contributed by atoms with van der Waals surface area (Å²) in [5.41, 5.74) is -3.14. The summed E-state index contributed by atoms with van der Waals surface area (Å²) >= 11 is 2.93. The number of nitrogens with zero attached hydrogens (tertiary/aromatic N) is 4. The lowest BCUT2D eigenvalue weighted by Crippen LogP contribution is -2.43. The van der Waals surface area contributed by atoms with Crippen LogP contribution in [0.25, 0.3) is 25.9 Å². The molecule has 0 saturated heterocycles. The Bertz CT molecular complexity index is 1850. The van der Waals surface area contributed by atoms with Gasteiger partial charge in [0, 0.05) is 49.6 Å². The number of nitriles is 3. The molecule has 1 aliphatic rings. The highest BCUT2D eigenvalue weighted by atomic mass is 32.1. The number of hydrogen-bond donors (Lipinski definition) is 1. The van der Waals surface area contributed by atoms with Crippen LogP contribution >= 0.6 is 22.7 Å². The first-order chi connectivity index (χ1) is 20.7. The van der Waals surface area contributed by atoms with E-state index in [4.69, 9.17) is 9.84 Å². The van der Waals surface area contributed by atoms with Crippen molar-refractivity contribution in [3.63, 3.8) is 0 Å². The second-order valence-corrected chi connectivity index (χ2v) is 11.7. The van der Waals surface area contributed by atoms with Crippen molar-refractivity contribution in [3.8, 4) is 28.6 Å². The summed E-state index contributed by atoms with van der Waals surface area (Å²) in [4.78, 5) is 3.63. The average Bonchev–Trinajstić information content (AvgIpc) is 3.67. The standard InChI is InChI=1S/C32H21F3N4O2S2/c1-39(13-14-40)23-9-7-20(8-10-23)27-16-29-28(43-27)15-24(42-29)11-12-26-25(19-38)30(21(17-36)18-37)41-31(26,32(33,34)35)22-5-3-2-4-6-22/h2-12,15-16,40H,13-14H2,1H3/b12-11+. The first kappa shape index (κ1) is 29.6. The lowest BCUT2D eigenvalue weighted by atomic mass is 9.84. The van der Waals surface area contributed by atoms with Crippen LogP contribution in [0.1, 0.15) is 10.4 Å². The lowest BCUT2D eigenvalue weighted by Gasteiger charge is -2.33. The lowest BCUT2D eigenvalue weighted by molar-refractivity contribution is -0.249. The van der Waals surface area contributed by atoms with Crippen molar-refractivity contribution >= 4 is 43.8 Å². The molecule has 11 heteroatoms. The Morgan fingerprint density at radius 3 is 2.23 bits per heavy atom. The number of aliphatic hydroxyl groups is 1. The van der Waals surface area contributed by atoms with Crippen molar-refractivity contribution in [2.24, 2.45) is 0 Å². The molecule has 2 aromatic heterocycles. The van der Waals surface area contributed by atoms with E-state index in [0.29, 0.717) is 11.4 Å². The van der Waals surface area contributed by atoms with Gasteiger partial charge in [-0.15, -0.1) is 22.7 Å². The fourth-order valence-corrected chi connectivity index (χ4v) is 7.15. The number of ether oxygens (including phenoxy) is 1. The van der Waals surface area contributed by atoms with Gasteiger partial charge < -0.3 is 14.7 Å². The van der Waals surface area contributed by atoms with Crippen LogP contribution < -0.4 is 4.90 Å². The van der Waals surface area contributed by atoms with E-state index in [0.717, 1.165) is 25.5 Å². The van der Waals surface area contributed by atoms with Gasteiger partial charge in [0.15, 0.2) is 11.3 Å². The average molecular weight is 615 g/mol. The van der Waals surface area contributed by atoms with E-state index >= 15 is 0 Å². The third kappa shape index (κ3) is 5.29. The predicted octanol–water partition coefficient (Wildman–Crippen LogP) is 7.68. The fourth-order valence-electron chi connectivity index (χ4n) is 4.84. The molecule has 6 nitrogen and oxygen atoms in total. The highest BCUT2D eigenvalue weighted by molar-refractivity contribution is 7.29. The van der Waals surface area contributed by atoms with Gasteiger partial charge >= 0.3 is 6.18 Å². The molecule has 0 saturated carbocycles. The Hall–Kier alpha value is -4.86. The Labute approximate surface area is 253 Å². The largest absolute Gasteiger partial charge is 0.465 e. The molecule has 0 amide bonds. The van der Waals surface area contributed by atoms with Crippen LogP contribution in [-0.4, -0.2) is 31.5 Å². The van der Waals surface area contributed by atoms with Gasteiger partial charge in [0.25, 0.3) is 5.60 Å². The summed E-state index contributed by atoms with van der Waals surface area (Å²) in [6, 6.07) is 23.5. The monoisotopic (exact) mass is 614 g/mol. The second-order valence-electron chi connectivity index (χ2n) is 9.49. The van der Waals surface area contributed by atoms with Crippen molar-refractivity contribution in [1.29, 1.82) is 15.8 Å². The van der Waals surface area contributed by atoms with Gasteiger partial charge in [-0.25, -0.2) is 0 Å². The van der Waals surface area contributed by atoms with Gasteiger partial charge in [-0.05, 0) is 35.9 Å². The number of benzene rings is 2. The molecule has 0 aliphatic carbocycles. The fraction of sp³-hybridized carbons (Fsp3) is 0.156. The van der Waals surface area contributed by atoms with Crippen LogP contribution in [0.3, 0.4) is 0 Å². The zero-order valence-electron chi connectivity index (χ0n) is 22.5. The van der Waals surface area contributed by atoms with E-state index in [-0.39, 0.29) is 12.2 Å². The Morgan fingerprint density at radius 2 is 1.65 bits per heavy atom. The first-order valence-corrected chi connectivity index (χ1v) is 14.4. The van der Waals surface area contributed by atoms with E-state index in [2.05, 4.69) is 0 Å². The molecule has 0 bridgehead atoms. The van der Waals surface area contributed by atoms with Crippen molar-refractivity contribution in [2.45, 2.75) is 11.8 Å². The summed E-state index contributed by atoms with van der Waals surface area (Å²) in [6.45, 7) is 0.578. The minimum absolute atomic E-state index is 0.0560. The Morgan fingerprint density at radius 1 is 0.977 bits per heavy atom. The van der Waals surface area contributed by atoms with Gasteiger partial charge in [-0.2, -0.15) is 29.0 Å². The van der Waals surface area contributed by atoms with Gasteiger partial charge in [0.1, 0.15) is 23.8 Å². The van der Waals surface area contributed by atoms with E-state index in [9.17, 15) is 29.0 Å². The molecule has 43 heavy (non-hydrogen) atoms. The van der Waals surface area contributed by atoms with Crippen LogP contribution in [0.4, 0.5) is 18.9 Å². The summed E-state index contributed by atoms with van der Waals surface area (Å²) in [5, 5.41) is 37.9. The minimum atomic E-state index is -5.04. The molecule has 5 rings (SSSR count). The van der Waals surface area contributed by atoms with Gasteiger partial charge in [0.05, 0.1) is 6.61 Å². The van der Waals surface area contributed by atoms with Gasteiger partial charge in [0.2, 0.25) is 0 Å². The molecule has 2 aromatic carbocycles. The second kappa shape index (κ2) is 11.8. The van der Waals surface area contributed by atoms with Crippen molar-refractivity contribution < 1.29 is 23.0 Å². The van der Waals surface area contributed by atoms with Crippen LogP contribution in [0, 0.1) is 34.0 Å². The van der Waals surface area contributed by atoms with Crippen LogP contribution in [0.5, 0.6) is 0 Å². The maximum absolute atomic E-state index is 15.0. The molecule has 0 radical (unpaired) electrons. The van der Waals surface area contributed by atoms with Gasteiger partial charge in [-0.1, -0.05) is 48.5 Å². The molecule has 1 N–H and O–H groups in total. The highest BCUT2D eigenvalue weighted by Crippen LogP contribution is 2.56. The van der Waals surface area contributed by atoms with E-state index in [1.807, 2.05) is 48.3 Å². The normalized spacial score (nSPS) is 16.7. The SMILES string of the molecule is CN(CCO)c1ccc(-c2cc3sc(/C=C/C4=C(C#N)C(=C(C#N)C#N)OC4(c4ccccc4)C(F)(F)F)cc3s2)cc1. The third-order valence-corrected chi connectivity index (χ3v) is 9.25. The van der Waals surface area contributed by atoms with Crippen LogP contribution in [0.15, 0.2) is 95.3 Å². The number of allylic oxidation sites excluding steroid dienone is 2. The first-order valence-electron chi connectivity index (χ1n) is 12.8. The third-order valence-electron chi connectivity index (χ3n) is 6.94. The van der Waals surface area contributed by atoms with Crippen molar-refractivity contribution in [3.05, 3.63) is 106 Å². The molecular weight excluding hydrogens is 594 g/mol. The van der Waals surface area contributed by atoms with Crippen molar-refractivity contribution in [2.75, 3.05) is 25.1 Å². The number of rotatable bonds is 7. The van der Waals surface area contributed by atoms with Crippen molar-refractivity contribution in [1.82, 2.24) is 0 Å². The summed E-state index contributed by atoms with van der Waals surface area (Å²) in [5.74, 6) is -0.696. The molecule has 0 fully saturated rings. The number of alkyl halides is 3. The Balaban J connectivity index is 1.55. The minimum Gasteiger partial charge on any atom is -0.465 e. The van der Waals surface area contributed by atoms with Gasteiger partial charge in [-0.3, -0.25) is 0 Å². The summed E-state index contributed by atoms with van der Waals surface area (Å²) in [6.07, 6.45) is -2.36. The molecule has 214 valence electrons. The quantitative estimate of drug-likeness (QED) is 0.214. The molecular formula is C32H21F3N4O2S2. The molecule has 3 heterocycles. The molecule has 1 aliphatic heterocycles. The zero-order chi connectivity index (χ0) is 30.8. The molecule has 1 atom stereocenters.